The van der Waals surface area contributed by atoms with Gasteiger partial charge >= 0.3 is 0 Å². The Bertz CT molecular complexity index is 607. The summed E-state index contributed by atoms with van der Waals surface area (Å²) in [6.07, 6.45) is 4.40. The highest BCUT2D eigenvalue weighted by atomic mass is 32.2. The van der Waals surface area contributed by atoms with Gasteiger partial charge in [-0.15, -0.1) is 11.3 Å². The van der Waals surface area contributed by atoms with Gasteiger partial charge < -0.3 is 4.74 Å². The number of hydrogen-bond acceptors (Lipinski definition) is 5. The Morgan fingerprint density at radius 2 is 2.13 bits per heavy atom. The molecule has 2 saturated heterocycles. The van der Waals surface area contributed by atoms with Crippen LogP contribution in [0.25, 0.3) is 0 Å². The maximum absolute atomic E-state index is 12.1. The number of piperidine rings is 1. The number of hydrogen-bond donors (Lipinski definition) is 0. The van der Waals surface area contributed by atoms with Gasteiger partial charge in [-0.3, -0.25) is 4.90 Å². The van der Waals surface area contributed by atoms with Crippen molar-refractivity contribution >= 4 is 21.4 Å². The predicted octanol–water partition coefficient (Wildman–Crippen LogP) is 2.01. The molecule has 1 atom stereocenters. The zero-order chi connectivity index (χ0) is 16.5. The first-order chi connectivity index (χ1) is 10.9. The first kappa shape index (κ1) is 17.4. The van der Waals surface area contributed by atoms with Crippen molar-refractivity contribution in [3.8, 4) is 0 Å². The van der Waals surface area contributed by atoms with Crippen LogP contribution in [0, 0.1) is 5.41 Å². The zero-order valence-electron chi connectivity index (χ0n) is 13.9. The highest BCUT2D eigenvalue weighted by Crippen LogP contribution is 2.44. The predicted molar refractivity (Wildman–Crippen MR) is 93.1 cm³/mol. The molecule has 0 aliphatic carbocycles. The van der Waals surface area contributed by atoms with E-state index >= 15 is 0 Å². The van der Waals surface area contributed by atoms with E-state index in [0.29, 0.717) is 13.2 Å². The molecule has 3 rings (SSSR count). The van der Waals surface area contributed by atoms with Gasteiger partial charge in [0.1, 0.15) is 0 Å². The van der Waals surface area contributed by atoms with Crippen LogP contribution in [0.4, 0.5) is 0 Å². The maximum atomic E-state index is 12.1. The largest absolute Gasteiger partial charge is 0.383 e. The van der Waals surface area contributed by atoms with Crippen molar-refractivity contribution in [1.29, 1.82) is 0 Å². The second-order valence-electron chi connectivity index (χ2n) is 6.98. The monoisotopic (exact) mass is 358 g/mol. The SMILES string of the molecule is COCC1CC2(CCN(Cc3cccs3)CC2)CN1S(C)(=O)=O. The Morgan fingerprint density at radius 3 is 2.70 bits per heavy atom. The lowest BCUT2D eigenvalue weighted by atomic mass is 9.76. The number of thiophene rings is 1. The van der Waals surface area contributed by atoms with Crippen LogP contribution in [0.1, 0.15) is 24.1 Å². The first-order valence-electron chi connectivity index (χ1n) is 8.12. The van der Waals surface area contributed by atoms with Gasteiger partial charge in [0.15, 0.2) is 0 Å². The van der Waals surface area contributed by atoms with E-state index in [0.717, 1.165) is 38.9 Å². The minimum Gasteiger partial charge on any atom is -0.383 e. The van der Waals surface area contributed by atoms with E-state index in [4.69, 9.17) is 4.74 Å². The molecule has 130 valence electrons. The molecule has 23 heavy (non-hydrogen) atoms. The van der Waals surface area contributed by atoms with Gasteiger partial charge in [0, 0.05) is 31.1 Å². The molecule has 2 fully saturated rings. The molecule has 0 saturated carbocycles. The number of methoxy groups -OCH3 is 1. The fourth-order valence-corrected chi connectivity index (χ4v) is 5.95. The molecule has 7 heteroatoms. The van der Waals surface area contributed by atoms with Gasteiger partial charge in [-0.1, -0.05) is 6.07 Å². The van der Waals surface area contributed by atoms with Gasteiger partial charge in [0.2, 0.25) is 10.0 Å². The van der Waals surface area contributed by atoms with E-state index in [2.05, 4.69) is 22.4 Å². The Labute approximate surface area is 143 Å². The average Bonchev–Trinajstić information content (AvgIpc) is 3.10. The lowest BCUT2D eigenvalue weighted by molar-refractivity contribution is 0.106. The van der Waals surface area contributed by atoms with Crippen molar-refractivity contribution in [3.63, 3.8) is 0 Å². The van der Waals surface area contributed by atoms with Crippen molar-refractivity contribution < 1.29 is 13.2 Å². The molecule has 0 aromatic carbocycles. The molecule has 0 N–H and O–H groups in total. The van der Waals surface area contributed by atoms with Crippen LogP contribution in [0.15, 0.2) is 17.5 Å². The topological polar surface area (TPSA) is 49.9 Å². The summed E-state index contributed by atoms with van der Waals surface area (Å²) in [6.45, 7) is 4.27. The van der Waals surface area contributed by atoms with Gasteiger partial charge in [0.05, 0.1) is 12.9 Å². The fourth-order valence-electron chi connectivity index (χ4n) is 4.02. The van der Waals surface area contributed by atoms with Crippen molar-refractivity contribution in [3.05, 3.63) is 22.4 Å². The summed E-state index contributed by atoms with van der Waals surface area (Å²) in [5.41, 5.74) is 0.137. The molecule has 1 aromatic rings. The summed E-state index contributed by atoms with van der Waals surface area (Å²) in [7, 11) is -1.51. The molecule has 1 unspecified atom stereocenters. The number of rotatable bonds is 5. The highest BCUT2D eigenvalue weighted by molar-refractivity contribution is 7.88. The van der Waals surface area contributed by atoms with E-state index in [9.17, 15) is 8.42 Å². The Balaban J connectivity index is 1.63. The van der Waals surface area contributed by atoms with Crippen LogP contribution in [0.3, 0.4) is 0 Å². The first-order valence-corrected chi connectivity index (χ1v) is 10.9. The van der Waals surface area contributed by atoms with Crippen molar-refractivity contribution in [2.75, 3.05) is 39.6 Å². The van der Waals surface area contributed by atoms with Gasteiger partial charge in [-0.05, 0) is 49.2 Å². The Hall–Kier alpha value is -0.470. The number of sulfonamides is 1. The van der Waals surface area contributed by atoms with Crippen LogP contribution in [0.5, 0.6) is 0 Å². The molecule has 1 spiro atoms. The quantitative estimate of drug-likeness (QED) is 0.808. The maximum Gasteiger partial charge on any atom is 0.211 e. The Kier molecular flexibility index (Phi) is 5.13. The third kappa shape index (κ3) is 3.96. The molecule has 0 amide bonds. The fraction of sp³-hybridized carbons (Fsp3) is 0.750. The van der Waals surface area contributed by atoms with E-state index in [1.54, 1.807) is 22.8 Å². The lowest BCUT2D eigenvalue weighted by Gasteiger charge is -2.39. The van der Waals surface area contributed by atoms with Crippen molar-refractivity contribution in [2.24, 2.45) is 5.41 Å². The molecule has 5 nitrogen and oxygen atoms in total. The molecule has 0 bridgehead atoms. The van der Waals surface area contributed by atoms with E-state index in [1.165, 1.54) is 11.1 Å². The normalized spacial score (nSPS) is 26.1. The summed E-state index contributed by atoms with van der Waals surface area (Å²) in [6, 6.07) is 4.28. The smallest absolute Gasteiger partial charge is 0.211 e. The average molecular weight is 359 g/mol. The molecule has 3 heterocycles. The summed E-state index contributed by atoms with van der Waals surface area (Å²) in [5, 5.41) is 2.12. The summed E-state index contributed by atoms with van der Waals surface area (Å²) < 4.78 is 31.1. The van der Waals surface area contributed by atoms with E-state index in [1.807, 2.05) is 0 Å². The summed E-state index contributed by atoms with van der Waals surface area (Å²) in [4.78, 5) is 3.90. The van der Waals surface area contributed by atoms with Gasteiger partial charge in [0.25, 0.3) is 0 Å². The number of likely N-dealkylation sites (tertiary alicyclic amines) is 1. The van der Waals surface area contributed by atoms with Crippen LogP contribution in [0.2, 0.25) is 0 Å². The van der Waals surface area contributed by atoms with E-state index in [-0.39, 0.29) is 11.5 Å². The van der Waals surface area contributed by atoms with Gasteiger partial charge in [-0.2, -0.15) is 4.31 Å². The standard InChI is InChI=1S/C16H26N2O3S2/c1-21-12-14-10-16(13-18(14)23(2,19)20)5-7-17(8-6-16)11-15-4-3-9-22-15/h3-4,9,14H,5-8,10-13H2,1-2H3. The molecule has 2 aliphatic heterocycles. The minimum atomic E-state index is -3.16. The van der Waals surface area contributed by atoms with Crippen LogP contribution < -0.4 is 0 Å². The molecular weight excluding hydrogens is 332 g/mol. The van der Waals surface area contributed by atoms with E-state index < -0.39 is 10.0 Å². The third-order valence-corrected chi connectivity index (χ3v) is 7.37. The molecule has 0 radical (unpaired) electrons. The number of ether oxygens (including phenoxy) is 1. The van der Waals surface area contributed by atoms with Crippen LogP contribution >= 0.6 is 11.3 Å². The third-order valence-electron chi connectivity index (χ3n) is 5.23. The Morgan fingerprint density at radius 1 is 1.39 bits per heavy atom. The second kappa shape index (κ2) is 6.80. The molecular formula is C16H26N2O3S2. The van der Waals surface area contributed by atoms with Crippen molar-refractivity contribution in [1.82, 2.24) is 9.21 Å². The molecule has 1 aromatic heterocycles. The van der Waals surface area contributed by atoms with Crippen LogP contribution in [-0.2, 0) is 21.3 Å². The summed E-state index contributed by atoms with van der Waals surface area (Å²) >= 11 is 1.81. The zero-order valence-corrected chi connectivity index (χ0v) is 15.5. The highest BCUT2D eigenvalue weighted by Gasteiger charge is 2.48. The lowest BCUT2D eigenvalue weighted by Crippen LogP contribution is -2.42. The summed E-state index contributed by atoms with van der Waals surface area (Å²) in [5.74, 6) is 0. The van der Waals surface area contributed by atoms with Gasteiger partial charge in [-0.25, -0.2) is 8.42 Å². The number of nitrogens with zero attached hydrogens (tertiary/aromatic N) is 2. The molecule has 2 aliphatic rings. The minimum absolute atomic E-state index is 0.00107. The second-order valence-corrected chi connectivity index (χ2v) is 9.94. The van der Waals surface area contributed by atoms with Crippen LogP contribution in [-0.4, -0.2) is 63.3 Å². The van der Waals surface area contributed by atoms with Crippen molar-refractivity contribution in [2.45, 2.75) is 31.8 Å².